The lowest BCUT2D eigenvalue weighted by Crippen LogP contribution is -2.15. The van der Waals surface area contributed by atoms with Gasteiger partial charge in [-0.25, -0.2) is 4.39 Å². The van der Waals surface area contributed by atoms with E-state index >= 15 is 0 Å². The molecule has 0 spiro atoms. The number of aliphatic hydroxyl groups excluding tert-OH is 1. The minimum Gasteiger partial charge on any atom is -0.393 e. The SMILES string of the molecule is OC(CCC1CCCO1)Cc1ccccc1F. The van der Waals surface area contributed by atoms with Crippen molar-refractivity contribution in [3.05, 3.63) is 35.6 Å². The standard InChI is InChI=1S/C14H19FO2/c15-14-6-2-1-4-11(14)10-12(16)7-8-13-5-3-9-17-13/h1-2,4,6,12-13,16H,3,5,7-10H2. The van der Waals surface area contributed by atoms with Gasteiger partial charge in [0.15, 0.2) is 0 Å². The Bertz CT molecular complexity index is 348. The van der Waals surface area contributed by atoms with Crippen molar-refractivity contribution >= 4 is 0 Å². The Morgan fingerprint density at radius 3 is 2.94 bits per heavy atom. The monoisotopic (exact) mass is 238 g/mol. The molecule has 17 heavy (non-hydrogen) atoms. The first-order valence-electron chi connectivity index (χ1n) is 6.29. The maximum absolute atomic E-state index is 13.4. The van der Waals surface area contributed by atoms with Crippen molar-refractivity contribution in [2.45, 2.75) is 44.3 Å². The Balaban J connectivity index is 1.76. The van der Waals surface area contributed by atoms with Crippen molar-refractivity contribution in [3.8, 4) is 0 Å². The van der Waals surface area contributed by atoms with Gasteiger partial charge in [0.05, 0.1) is 12.2 Å². The van der Waals surface area contributed by atoms with Crippen LogP contribution in [0.15, 0.2) is 24.3 Å². The van der Waals surface area contributed by atoms with E-state index in [1.165, 1.54) is 6.07 Å². The first-order valence-corrected chi connectivity index (χ1v) is 6.29. The molecular weight excluding hydrogens is 219 g/mol. The third-order valence-electron chi connectivity index (χ3n) is 3.26. The zero-order valence-corrected chi connectivity index (χ0v) is 9.94. The fourth-order valence-electron chi connectivity index (χ4n) is 2.27. The van der Waals surface area contributed by atoms with E-state index in [1.807, 2.05) is 0 Å². The Morgan fingerprint density at radius 1 is 1.41 bits per heavy atom. The number of benzene rings is 1. The van der Waals surface area contributed by atoms with Crippen LogP contribution in [-0.2, 0) is 11.2 Å². The fourth-order valence-corrected chi connectivity index (χ4v) is 2.27. The number of rotatable bonds is 5. The number of aliphatic hydroxyl groups is 1. The summed E-state index contributed by atoms with van der Waals surface area (Å²) in [7, 11) is 0. The second-order valence-corrected chi connectivity index (χ2v) is 4.66. The Labute approximate surface area is 101 Å². The summed E-state index contributed by atoms with van der Waals surface area (Å²) >= 11 is 0. The van der Waals surface area contributed by atoms with Crippen LogP contribution in [0.4, 0.5) is 4.39 Å². The van der Waals surface area contributed by atoms with E-state index in [9.17, 15) is 9.50 Å². The molecule has 0 amide bonds. The number of halogens is 1. The second-order valence-electron chi connectivity index (χ2n) is 4.66. The van der Waals surface area contributed by atoms with E-state index in [0.29, 0.717) is 24.5 Å². The average Bonchev–Trinajstić information content (AvgIpc) is 2.82. The summed E-state index contributed by atoms with van der Waals surface area (Å²) in [6, 6.07) is 6.62. The van der Waals surface area contributed by atoms with E-state index in [2.05, 4.69) is 0 Å². The predicted octanol–water partition coefficient (Wildman–Crippen LogP) is 2.69. The lowest BCUT2D eigenvalue weighted by molar-refractivity contribution is 0.0811. The van der Waals surface area contributed by atoms with Crippen LogP contribution in [0.1, 0.15) is 31.2 Å². The van der Waals surface area contributed by atoms with Gasteiger partial charge >= 0.3 is 0 Å². The van der Waals surface area contributed by atoms with Gasteiger partial charge in [0, 0.05) is 13.0 Å². The largest absolute Gasteiger partial charge is 0.393 e. The lowest BCUT2D eigenvalue weighted by Gasteiger charge is -2.14. The fraction of sp³-hybridized carbons (Fsp3) is 0.571. The summed E-state index contributed by atoms with van der Waals surface area (Å²) in [5, 5.41) is 9.87. The molecule has 1 N–H and O–H groups in total. The van der Waals surface area contributed by atoms with E-state index in [4.69, 9.17) is 4.74 Å². The first-order chi connectivity index (χ1) is 8.25. The van der Waals surface area contributed by atoms with Crippen LogP contribution in [0.3, 0.4) is 0 Å². The molecule has 2 unspecified atom stereocenters. The summed E-state index contributed by atoms with van der Waals surface area (Å²) in [6.45, 7) is 0.841. The highest BCUT2D eigenvalue weighted by atomic mass is 19.1. The van der Waals surface area contributed by atoms with Gasteiger partial charge in [-0.15, -0.1) is 0 Å². The summed E-state index contributed by atoms with van der Waals surface area (Å²) in [4.78, 5) is 0. The molecular formula is C14H19FO2. The zero-order chi connectivity index (χ0) is 12.1. The molecule has 1 aromatic carbocycles. The molecule has 2 nitrogen and oxygen atoms in total. The van der Waals surface area contributed by atoms with Gasteiger partial charge < -0.3 is 9.84 Å². The van der Waals surface area contributed by atoms with Crippen LogP contribution in [0.25, 0.3) is 0 Å². The molecule has 94 valence electrons. The molecule has 1 heterocycles. The van der Waals surface area contributed by atoms with Gasteiger partial charge in [0.2, 0.25) is 0 Å². The molecule has 2 atom stereocenters. The van der Waals surface area contributed by atoms with Crippen molar-refractivity contribution in [1.29, 1.82) is 0 Å². The molecule has 1 saturated heterocycles. The first kappa shape index (κ1) is 12.5. The molecule has 2 rings (SSSR count). The maximum Gasteiger partial charge on any atom is 0.126 e. The highest BCUT2D eigenvalue weighted by molar-refractivity contribution is 5.17. The minimum atomic E-state index is -0.476. The van der Waals surface area contributed by atoms with Crippen LogP contribution in [0.2, 0.25) is 0 Å². The Kier molecular flexibility index (Phi) is 4.51. The molecule has 0 saturated carbocycles. The second kappa shape index (κ2) is 6.12. The maximum atomic E-state index is 13.4. The van der Waals surface area contributed by atoms with Gasteiger partial charge in [0.1, 0.15) is 5.82 Å². The van der Waals surface area contributed by atoms with Crippen LogP contribution in [0, 0.1) is 5.82 Å². The van der Waals surface area contributed by atoms with Gasteiger partial charge in [-0.05, 0) is 37.3 Å². The lowest BCUT2D eigenvalue weighted by atomic mass is 10.0. The third kappa shape index (κ3) is 3.79. The Hall–Kier alpha value is -0.930. The van der Waals surface area contributed by atoms with Crippen LogP contribution < -0.4 is 0 Å². The quantitative estimate of drug-likeness (QED) is 0.854. The highest BCUT2D eigenvalue weighted by Crippen LogP contribution is 2.19. The molecule has 1 aromatic rings. The van der Waals surface area contributed by atoms with Crippen molar-refractivity contribution in [2.24, 2.45) is 0 Å². The molecule has 0 bridgehead atoms. The minimum absolute atomic E-state index is 0.233. The molecule has 1 fully saturated rings. The van der Waals surface area contributed by atoms with Crippen molar-refractivity contribution < 1.29 is 14.2 Å². The van der Waals surface area contributed by atoms with Gasteiger partial charge in [-0.1, -0.05) is 18.2 Å². The van der Waals surface area contributed by atoms with Crippen LogP contribution in [-0.4, -0.2) is 23.9 Å². The van der Waals surface area contributed by atoms with Crippen LogP contribution >= 0.6 is 0 Å². The summed E-state index contributed by atoms with van der Waals surface area (Å²) in [5.74, 6) is -0.233. The molecule has 1 aliphatic heterocycles. The van der Waals surface area contributed by atoms with Crippen LogP contribution in [0.5, 0.6) is 0 Å². The van der Waals surface area contributed by atoms with Crippen molar-refractivity contribution in [2.75, 3.05) is 6.61 Å². The van der Waals surface area contributed by atoms with Crippen molar-refractivity contribution in [1.82, 2.24) is 0 Å². The van der Waals surface area contributed by atoms with Crippen molar-refractivity contribution in [3.63, 3.8) is 0 Å². The highest BCUT2D eigenvalue weighted by Gasteiger charge is 2.17. The number of hydrogen-bond acceptors (Lipinski definition) is 2. The van der Waals surface area contributed by atoms with Gasteiger partial charge in [-0.3, -0.25) is 0 Å². The Morgan fingerprint density at radius 2 is 2.24 bits per heavy atom. The van der Waals surface area contributed by atoms with Gasteiger partial charge in [-0.2, -0.15) is 0 Å². The zero-order valence-electron chi connectivity index (χ0n) is 9.94. The average molecular weight is 238 g/mol. The molecule has 3 heteroatoms. The number of hydrogen-bond donors (Lipinski definition) is 1. The van der Waals surface area contributed by atoms with E-state index in [1.54, 1.807) is 18.2 Å². The summed E-state index contributed by atoms with van der Waals surface area (Å²) < 4.78 is 18.8. The van der Waals surface area contributed by atoms with Gasteiger partial charge in [0.25, 0.3) is 0 Å². The smallest absolute Gasteiger partial charge is 0.126 e. The third-order valence-corrected chi connectivity index (χ3v) is 3.26. The molecule has 0 radical (unpaired) electrons. The molecule has 0 aliphatic carbocycles. The van der Waals surface area contributed by atoms with E-state index in [-0.39, 0.29) is 5.82 Å². The number of ether oxygens (including phenoxy) is 1. The summed E-state index contributed by atoms with van der Waals surface area (Å²) in [6.07, 6.45) is 3.97. The van der Waals surface area contributed by atoms with E-state index < -0.39 is 6.10 Å². The molecule has 1 aliphatic rings. The predicted molar refractivity (Wildman–Crippen MR) is 64.3 cm³/mol. The topological polar surface area (TPSA) is 29.5 Å². The normalized spacial score (nSPS) is 21.6. The van der Waals surface area contributed by atoms with E-state index in [0.717, 1.165) is 25.9 Å². The molecule has 0 aromatic heterocycles. The summed E-state index contributed by atoms with van der Waals surface area (Å²) in [5.41, 5.74) is 0.590.